The molecule has 1 aromatic heterocycles. The van der Waals surface area contributed by atoms with Crippen LogP contribution in [0, 0.1) is 5.82 Å². The molecule has 0 unspecified atom stereocenters. The monoisotopic (exact) mass is 338 g/mol. The SMILES string of the molecule is O=C(NC1CC(c2ccccc2F)C1)c1n[nH]c(Br)n1. The highest BCUT2D eigenvalue weighted by molar-refractivity contribution is 9.10. The molecule has 2 aromatic rings. The third-order valence-electron chi connectivity index (χ3n) is 3.48. The summed E-state index contributed by atoms with van der Waals surface area (Å²) in [6.45, 7) is 0. The number of nitrogens with zero attached hydrogens (tertiary/aromatic N) is 2. The van der Waals surface area contributed by atoms with E-state index in [4.69, 9.17) is 0 Å². The number of carbonyl (C=O) groups excluding carboxylic acids is 1. The molecule has 5 nitrogen and oxygen atoms in total. The van der Waals surface area contributed by atoms with Crippen LogP contribution in [0.5, 0.6) is 0 Å². The normalized spacial score (nSPS) is 21.3. The van der Waals surface area contributed by atoms with Gasteiger partial charge in [0.25, 0.3) is 5.91 Å². The maximum atomic E-state index is 13.6. The van der Waals surface area contributed by atoms with Crippen LogP contribution in [0.15, 0.2) is 29.0 Å². The molecular weight excluding hydrogens is 327 g/mol. The van der Waals surface area contributed by atoms with E-state index in [1.54, 1.807) is 12.1 Å². The number of benzene rings is 1. The van der Waals surface area contributed by atoms with Gasteiger partial charge >= 0.3 is 0 Å². The fraction of sp³-hybridized carbons (Fsp3) is 0.308. The second-order valence-corrected chi connectivity index (χ2v) is 5.56. The molecule has 1 saturated carbocycles. The van der Waals surface area contributed by atoms with Gasteiger partial charge in [-0.3, -0.25) is 9.89 Å². The summed E-state index contributed by atoms with van der Waals surface area (Å²) < 4.78 is 14.0. The maximum Gasteiger partial charge on any atom is 0.291 e. The number of carbonyl (C=O) groups is 1. The maximum absolute atomic E-state index is 13.6. The van der Waals surface area contributed by atoms with Crippen LogP contribution < -0.4 is 5.32 Å². The van der Waals surface area contributed by atoms with Crippen molar-refractivity contribution in [2.75, 3.05) is 0 Å². The minimum atomic E-state index is -0.316. The van der Waals surface area contributed by atoms with Crippen LogP contribution in [0.1, 0.15) is 34.9 Å². The molecule has 7 heteroatoms. The first-order valence-electron chi connectivity index (χ1n) is 6.26. The van der Waals surface area contributed by atoms with E-state index in [1.807, 2.05) is 6.07 Å². The van der Waals surface area contributed by atoms with Crippen LogP contribution in [-0.2, 0) is 0 Å². The zero-order valence-corrected chi connectivity index (χ0v) is 12.0. The fourth-order valence-electron chi connectivity index (χ4n) is 2.39. The van der Waals surface area contributed by atoms with E-state index < -0.39 is 0 Å². The zero-order valence-electron chi connectivity index (χ0n) is 10.4. The van der Waals surface area contributed by atoms with Gasteiger partial charge in [0.15, 0.2) is 4.73 Å². The Labute approximate surface area is 123 Å². The quantitative estimate of drug-likeness (QED) is 0.902. The van der Waals surface area contributed by atoms with E-state index in [-0.39, 0.29) is 29.5 Å². The summed E-state index contributed by atoms with van der Waals surface area (Å²) in [5.41, 5.74) is 0.721. The number of aromatic nitrogens is 3. The van der Waals surface area contributed by atoms with Crippen LogP contribution in [0.25, 0.3) is 0 Å². The fourth-order valence-corrected chi connectivity index (χ4v) is 2.65. The summed E-state index contributed by atoms with van der Waals surface area (Å²) in [6.07, 6.45) is 1.47. The van der Waals surface area contributed by atoms with E-state index >= 15 is 0 Å². The third-order valence-corrected chi connectivity index (χ3v) is 3.83. The molecule has 1 aliphatic rings. The van der Waals surface area contributed by atoms with Crippen molar-refractivity contribution in [3.05, 3.63) is 46.2 Å². The molecule has 0 saturated heterocycles. The first kappa shape index (κ1) is 13.2. The molecule has 20 heavy (non-hydrogen) atoms. The molecule has 1 aliphatic carbocycles. The summed E-state index contributed by atoms with van der Waals surface area (Å²) in [5, 5.41) is 9.15. The number of H-pyrrole nitrogens is 1. The number of rotatable bonds is 3. The lowest BCUT2D eigenvalue weighted by molar-refractivity contribution is 0.0898. The van der Waals surface area contributed by atoms with Gasteiger partial charge in [0.2, 0.25) is 5.82 Å². The molecule has 0 atom stereocenters. The molecule has 2 N–H and O–H groups in total. The number of hydrogen-bond acceptors (Lipinski definition) is 3. The van der Waals surface area contributed by atoms with Crippen molar-refractivity contribution in [1.29, 1.82) is 0 Å². The van der Waals surface area contributed by atoms with Crippen LogP contribution >= 0.6 is 15.9 Å². The molecule has 104 valence electrons. The first-order valence-corrected chi connectivity index (χ1v) is 7.06. The Hall–Kier alpha value is -1.76. The standard InChI is InChI=1S/C13H12BrFN4O/c14-13-17-11(18-19-13)12(20)16-8-5-7(6-8)9-3-1-2-4-10(9)15/h1-4,7-8H,5-6H2,(H,16,20)(H,17,18,19). The number of hydrogen-bond donors (Lipinski definition) is 2. The Bertz CT molecular complexity index is 639. The highest BCUT2D eigenvalue weighted by atomic mass is 79.9. The zero-order chi connectivity index (χ0) is 14.1. The summed E-state index contributed by atoms with van der Waals surface area (Å²) >= 11 is 3.09. The van der Waals surface area contributed by atoms with Crippen molar-refractivity contribution in [1.82, 2.24) is 20.5 Å². The lowest BCUT2D eigenvalue weighted by atomic mass is 9.75. The Kier molecular flexibility index (Phi) is 3.52. The second-order valence-electron chi connectivity index (χ2n) is 4.81. The van der Waals surface area contributed by atoms with E-state index in [2.05, 4.69) is 36.4 Å². The van der Waals surface area contributed by atoms with Gasteiger partial charge in [-0.2, -0.15) is 4.98 Å². The van der Waals surface area contributed by atoms with Gasteiger partial charge in [-0.05, 0) is 46.3 Å². The van der Waals surface area contributed by atoms with Gasteiger partial charge in [0, 0.05) is 6.04 Å². The van der Waals surface area contributed by atoms with Gasteiger partial charge in [0.1, 0.15) is 5.82 Å². The van der Waals surface area contributed by atoms with Crippen LogP contribution in [0.2, 0.25) is 0 Å². The Balaban J connectivity index is 1.56. The topological polar surface area (TPSA) is 70.7 Å². The molecular formula is C13H12BrFN4O. The van der Waals surface area contributed by atoms with E-state index in [1.165, 1.54) is 6.07 Å². The largest absolute Gasteiger partial charge is 0.346 e. The molecule has 1 aromatic carbocycles. The predicted octanol–water partition coefficient (Wildman–Crippen LogP) is 2.38. The Morgan fingerprint density at radius 1 is 1.40 bits per heavy atom. The van der Waals surface area contributed by atoms with Crippen molar-refractivity contribution < 1.29 is 9.18 Å². The first-order chi connectivity index (χ1) is 9.63. The number of amides is 1. The average molecular weight is 339 g/mol. The van der Waals surface area contributed by atoms with E-state index in [9.17, 15) is 9.18 Å². The lowest BCUT2D eigenvalue weighted by Gasteiger charge is -2.36. The molecule has 1 heterocycles. The van der Waals surface area contributed by atoms with Crippen molar-refractivity contribution >= 4 is 21.8 Å². The minimum absolute atomic E-state index is 0.0457. The number of nitrogens with one attached hydrogen (secondary N) is 2. The van der Waals surface area contributed by atoms with E-state index in [0.717, 1.165) is 18.4 Å². The summed E-state index contributed by atoms with van der Waals surface area (Å²) in [6, 6.07) is 6.81. The highest BCUT2D eigenvalue weighted by Crippen LogP contribution is 2.37. The van der Waals surface area contributed by atoms with Crippen molar-refractivity contribution in [2.24, 2.45) is 0 Å². The lowest BCUT2D eigenvalue weighted by Crippen LogP contribution is -2.43. The van der Waals surface area contributed by atoms with Crippen molar-refractivity contribution in [3.63, 3.8) is 0 Å². The molecule has 0 radical (unpaired) electrons. The molecule has 3 rings (SSSR count). The summed E-state index contributed by atoms with van der Waals surface area (Å²) in [7, 11) is 0. The molecule has 1 amide bonds. The summed E-state index contributed by atoms with van der Waals surface area (Å²) in [5.74, 6) is -0.226. The van der Waals surface area contributed by atoms with Crippen LogP contribution in [0.3, 0.4) is 0 Å². The second kappa shape index (κ2) is 5.32. The van der Waals surface area contributed by atoms with Gasteiger partial charge in [-0.15, -0.1) is 5.10 Å². The van der Waals surface area contributed by atoms with Crippen molar-refractivity contribution in [3.8, 4) is 0 Å². The van der Waals surface area contributed by atoms with E-state index in [0.29, 0.717) is 4.73 Å². The Morgan fingerprint density at radius 2 is 2.15 bits per heavy atom. The highest BCUT2D eigenvalue weighted by Gasteiger charge is 2.33. The predicted molar refractivity (Wildman–Crippen MR) is 73.7 cm³/mol. The number of halogens is 2. The smallest absolute Gasteiger partial charge is 0.291 e. The number of aromatic amines is 1. The molecule has 0 bridgehead atoms. The van der Waals surface area contributed by atoms with Gasteiger partial charge in [-0.25, -0.2) is 4.39 Å². The van der Waals surface area contributed by atoms with Gasteiger partial charge in [-0.1, -0.05) is 18.2 Å². The minimum Gasteiger partial charge on any atom is -0.346 e. The molecule has 1 fully saturated rings. The van der Waals surface area contributed by atoms with Crippen LogP contribution in [0.4, 0.5) is 4.39 Å². The third kappa shape index (κ3) is 2.58. The van der Waals surface area contributed by atoms with Crippen molar-refractivity contribution in [2.45, 2.75) is 24.8 Å². The van der Waals surface area contributed by atoms with Gasteiger partial charge in [0.05, 0.1) is 0 Å². The van der Waals surface area contributed by atoms with Gasteiger partial charge < -0.3 is 5.32 Å². The molecule has 0 spiro atoms. The average Bonchev–Trinajstić information content (AvgIpc) is 2.81. The molecule has 0 aliphatic heterocycles. The van der Waals surface area contributed by atoms with Crippen LogP contribution in [-0.4, -0.2) is 27.1 Å². The summed E-state index contributed by atoms with van der Waals surface area (Å²) in [4.78, 5) is 15.7. The Morgan fingerprint density at radius 3 is 2.80 bits per heavy atom.